The fourth-order valence-electron chi connectivity index (χ4n) is 1.76. The molecule has 1 aromatic heterocycles. The lowest BCUT2D eigenvalue weighted by Crippen LogP contribution is -2.15. The molecule has 1 aliphatic rings. The molecule has 3 heteroatoms. The summed E-state index contributed by atoms with van der Waals surface area (Å²) in [7, 11) is 0. The van der Waals surface area contributed by atoms with Crippen LogP contribution >= 0.6 is 0 Å². The molecule has 1 aromatic rings. The number of rotatable bonds is 2. The van der Waals surface area contributed by atoms with Gasteiger partial charge < -0.3 is 10.2 Å². The Hall–Kier alpha value is -1.51. The molecule has 2 N–H and O–H groups in total. The van der Waals surface area contributed by atoms with Crippen molar-refractivity contribution in [3.05, 3.63) is 36.3 Å². The number of aryl methyl sites for hydroxylation is 1. The summed E-state index contributed by atoms with van der Waals surface area (Å²) in [4.78, 5) is 4.41. The molecule has 0 fully saturated rings. The Morgan fingerprint density at radius 1 is 1.71 bits per heavy atom. The third kappa shape index (κ3) is 1.58. The molecule has 0 aromatic carbocycles. The highest BCUT2D eigenvalue weighted by atomic mass is 16.3. The van der Waals surface area contributed by atoms with Crippen LogP contribution in [0.25, 0.3) is 0 Å². The van der Waals surface area contributed by atoms with E-state index in [-0.39, 0.29) is 6.04 Å². The molecule has 1 aliphatic heterocycles. The van der Waals surface area contributed by atoms with Gasteiger partial charge in [-0.3, -0.25) is 4.99 Å². The molecule has 1 atom stereocenters. The maximum Gasteiger partial charge on any atom is 0.171 e. The molecule has 0 radical (unpaired) electrons. The second-order valence-electron chi connectivity index (χ2n) is 3.51. The van der Waals surface area contributed by atoms with Crippen LogP contribution in [-0.4, -0.2) is 11.9 Å². The maximum atomic E-state index is 5.83. The molecule has 0 saturated carbocycles. The van der Waals surface area contributed by atoms with Gasteiger partial charge in [0, 0.05) is 5.56 Å². The third-order valence-electron chi connectivity index (χ3n) is 2.49. The molecule has 0 saturated heterocycles. The summed E-state index contributed by atoms with van der Waals surface area (Å²) in [6.45, 7) is 3.71. The number of hydrogen-bond donors (Lipinski definition) is 1. The number of amidine groups is 1. The van der Waals surface area contributed by atoms with Crippen LogP contribution in [0.2, 0.25) is 0 Å². The Bertz CT molecular complexity index is 365. The van der Waals surface area contributed by atoms with E-state index in [0.29, 0.717) is 5.84 Å². The van der Waals surface area contributed by atoms with Gasteiger partial charge in [0.2, 0.25) is 0 Å². The topological polar surface area (TPSA) is 51.5 Å². The van der Waals surface area contributed by atoms with Gasteiger partial charge in [-0.25, -0.2) is 0 Å². The van der Waals surface area contributed by atoms with Crippen molar-refractivity contribution in [3.63, 3.8) is 0 Å². The van der Waals surface area contributed by atoms with Crippen molar-refractivity contribution in [1.29, 1.82) is 0 Å². The molecule has 14 heavy (non-hydrogen) atoms. The first-order valence-corrected chi connectivity index (χ1v) is 4.82. The summed E-state index contributed by atoms with van der Waals surface area (Å²) in [6, 6.07) is 2.23. The van der Waals surface area contributed by atoms with Crippen molar-refractivity contribution in [2.75, 3.05) is 0 Å². The molecule has 0 aliphatic carbocycles. The number of furan rings is 1. The smallest absolute Gasteiger partial charge is 0.171 e. The number of aliphatic imine (C=N–C) groups is 1. The minimum absolute atomic E-state index is 0.259. The van der Waals surface area contributed by atoms with Gasteiger partial charge in [-0.2, -0.15) is 0 Å². The Balaban J connectivity index is 2.27. The molecule has 0 bridgehead atoms. The van der Waals surface area contributed by atoms with Gasteiger partial charge in [-0.05, 0) is 25.3 Å². The van der Waals surface area contributed by atoms with E-state index in [9.17, 15) is 0 Å². The van der Waals surface area contributed by atoms with E-state index >= 15 is 0 Å². The summed E-state index contributed by atoms with van der Waals surface area (Å²) in [5.74, 6) is 1.27. The Morgan fingerprint density at radius 3 is 3.36 bits per heavy atom. The lowest BCUT2D eigenvalue weighted by atomic mass is 10.1. The Morgan fingerprint density at radius 2 is 2.57 bits per heavy atom. The van der Waals surface area contributed by atoms with E-state index < -0.39 is 0 Å². The second-order valence-corrected chi connectivity index (χ2v) is 3.51. The summed E-state index contributed by atoms with van der Waals surface area (Å²) in [5.41, 5.74) is 7.00. The second kappa shape index (κ2) is 3.70. The fourth-order valence-corrected chi connectivity index (χ4v) is 1.76. The molecule has 2 rings (SSSR count). The minimum atomic E-state index is 0.259. The molecule has 2 heterocycles. The SMILES string of the molecule is C=CCC1CCc2ccoc2C(N)=N1. The van der Waals surface area contributed by atoms with Crippen LogP contribution in [0.1, 0.15) is 24.2 Å². The molecular weight excluding hydrogens is 176 g/mol. The first-order valence-electron chi connectivity index (χ1n) is 4.82. The first-order chi connectivity index (χ1) is 6.81. The van der Waals surface area contributed by atoms with Gasteiger partial charge in [0.05, 0.1) is 12.3 Å². The van der Waals surface area contributed by atoms with Crippen LogP contribution in [-0.2, 0) is 6.42 Å². The van der Waals surface area contributed by atoms with Crippen molar-refractivity contribution in [2.24, 2.45) is 10.7 Å². The van der Waals surface area contributed by atoms with Gasteiger partial charge in [-0.15, -0.1) is 6.58 Å². The predicted molar refractivity (Wildman–Crippen MR) is 56.4 cm³/mol. The Labute approximate surface area is 83.3 Å². The standard InChI is InChI=1S/C11H14N2O/c1-2-3-9-5-4-8-6-7-14-10(8)11(12)13-9/h2,6-7,9H,1,3-5H2,(H2,12,13). The van der Waals surface area contributed by atoms with Gasteiger partial charge in [0.15, 0.2) is 11.6 Å². The van der Waals surface area contributed by atoms with Crippen LogP contribution in [0, 0.1) is 0 Å². The van der Waals surface area contributed by atoms with Gasteiger partial charge in [-0.1, -0.05) is 6.08 Å². The summed E-state index contributed by atoms with van der Waals surface area (Å²) < 4.78 is 5.29. The zero-order valence-electron chi connectivity index (χ0n) is 8.07. The third-order valence-corrected chi connectivity index (χ3v) is 2.49. The van der Waals surface area contributed by atoms with Gasteiger partial charge >= 0.3 is 0 Å². The molecule has 0 amide bonds. The van der Waals surface area contributed by atoms with Crippen LogP contribution < -0.4 is 5.73 Å². The number of nitrogens with zero attached hydrogens (tertiary/aromatic N) is 1. The van der Waals surface area contributed by atoms with E-state index in [0.717, 1.165) is 30.6 Å². The van der Waals surface area contributed by atoms with Crippen molar-refractivity contribution < 1.29 is 4.42 Å². The zero-order valence-corrected chi connectivity index (χ0v) is 8.07. The first kappa shape index (κ1) is 9.06. The van der Waals surface area contributed by atoms with Crippen LogP contribution in [0.3, 0.4) is 0 Å². The number of fused-ring (bicyclic) bond motifs is 1. The van der Waals surface area contributed by atoms with E-state index in [1.807, 2.05) is 12.1 Å². The van der Waals surface area contributed by atoms with Crippen molar-refractivity contribution in [3.8, 4) is 0 Å². The van der Waals surface area contributed by atoms with E-state index in [4.69, 9.17) is 10.2 Å². The highest BCUT2D eigenvalue weighted by Gasteiger charge is 2.18. The maximum absolute atomic E-state index is 5.83. The molecule has 3 nitrogen and oxygen atoms in total. The van der Waals surface area contributed by atoms with Crippen molar-refractivity contribution in [1.82, 2.24) is 0 Å². The summed E-state index contributed by atoms with van der Waals surface area (Å²) >= 11 is 0. The van der Waals surface area contributed by atoms with E-state index in [1.165, 1.54) is 0 Å². The van der Waals surface area contributed by atoms with Crippen LogP contribution in [0.15, 0.2) is 34.4 Å². The van der Waals surface area contributed by atoms with Gasteiger partial charge in [0.1, 0.15) is 0 Å². The zero-order chi connectivity index (χ0) is 9.97. The lowest BCUT2D eigenvalue weighted by Gasteiger charge is -2.06. The highest BCUT2D eigenvalue weighted by molar-refractivity contribution is 5.96. The molecule has 0 spiro atoms. The minimum Gasteiger partial charge on any atom is -0.461 e. The highest BCUT2D eigenvalue weighted by Crippen LogP contribution is 2.20. The largest absolute Gasteiger partial charge is 0.461 e. The molecule has 74 valence electrons. The molecule has 1 unspecified atom stereocenters. The average molecular weight is 190 g/mol. The summed E-state index contributed by atoms with van der Waals surface area (Å²) in [6.07, 6.45) is 6.42. The molecular formula is C11H14N2O. The average Bonchev–Trinajstić information content (AvgIpc) is 2.57. The van der Waals surface area contributed by atoms with E-state index in [1.54, 1.807) is 6.26 Å². The van der Waals surface area contributed by atoms with Crippen molar-refractivity contribution in [2.45, 2.75) is 25.3 Å². The summed E-state index contributed by atoms with van der Waals surface area (Å²) in [5, 5.41) is 0. The lowest BCUT2D eigenvalue weighted by molar-refractivity contribution is 0.554. The Kier molecular flexibility index (Phi) is 2.39. The van der Waals surface area contributed by atoms with E-state index in [2.05, 4.69) is 11.6 Å². The fraction of sp³-hybridized carbons (Fsp3) is 0.364. The quantitative estimate of drug-likeness (QED) is 0.724. The van der Waals surface area contributed by atoms with Gasteiger partial charge in [0.25, 0.3) is 0 Å². The number of hydrogen-bond acceptors (Lipinski definition) is 3. The monoisotopic (exact) mass is 190 g/mol. The van der Waals surface area contributed by atoms with Crippen LogP contribution in [0.5, 0.6) is 0 Å². The predicted octanol–water partition coefficient (Wildman–Crippen LogP) is 1.88. The normalized spacial score (nSPS) is 20.9. The van der Waals surface area contributed by atoms with Crippen LogP contribution in [0.4, 0.5) is 0 Å². The van der Waals surface area contributed by atoms with Crippen molar-refractivity contribution >= 4 is 5.84 Å². The number of nitrogens with two attached hydrogens (primary N) is 1.